The van der Waals surface area contributed by atoms with Crippen LogP contribution in [-0.4, -0.2) is 4.98 Å². The summed E-state index contributed by atoms with van der Waals surface area (Å²) in [6, 6.07) is 24.8. The lowest BCUT2D eigenvalue weighted by Gasteiger charge is -2.25. The third kappa shape index (κ3) is 3.64. The first-order valence-corrected chi connectivity index (χ1v) is 7.35. The van der Waals surface area contributed by atoms with Gasteiger partial charge in [-0.25, -0.2) is 4.98 Å². The summed E-state index contributed by atoms with van der Waals surface area (Å²) in [6.07, 6.45) is 1.83. The normalized spacial score (nSPS) is 10.4. The molecule has 110 valence electrons. The number of rotatable bonds is 5. The van der Waals surface area contributed by atoms with E-state index in [4.69, 9.17) is 5.73 Å². The summed E-state index contributed by atoms with van der Waals surface area (Å²) in [4.78, 5) is 6.52. The Morgan fingerprint density at radius 2 is 1.27 bits per heavy atom. The Morgan fingerprint density at radius 3 is 1.73 bits per heavy atom. The molecule has 0 aliphatic carbocycles. The van der Waals surface area contributed by atoms with Crippen LogP contribution in [0.1, 0.15) is 11.1 Å². The molecule has 1 heterocycles. The van der Waals surface area contributed by atoms with Crippen LogP contribution in [0.5, 0.6) is 0 Å². The summed E-state index contributed by atoms with van der Waals surface area (Å²) in [5.41, 5.74) is 9.32. The van der Waals surface area contributed by atoms with Gasteiger partial charge in [-0.3, -0.25) is 0 Å². The number of aromatic nitrogens is 1. The number of anilines is 2. The third-order valence-electron chi connectivity index (χ3n) is 3.57. The highest BCUT2D eigenvalue weighted by molar-refractivity contribution is 5.49. The van der Waals surface area contributed by atoms with Gasteiger partial charge >= 0.3 is 0 Å². The lowest BCUT2D eigenvalue weighted by molar-refractivity contribution is 0.797. The molecule has 22 heavy (non-hydrogen) atoms. The van der Waals surface area contributed by atoms with Crippen LogP contribution in [0.2, 0.25) is 0 Å². The van der Waals surface area contributed by atoms with Gasteiger partial charge in [-0.1, -0.05) is 60.7 Å². The third-order valence-corrected chi connectivity index (χ3v) is 3.57. The number of hydrogen-bond donors (Lipinski definition) is 1. The molecule has 2 aromatic carbocycles. The lowest BCUT2D eigenvalue weighted by Crippen LogP contribution is -2.22. The number of hydrogen-bond acceptors (Lipinski definition) is 3. The van der Waals surface area contributed by atoms with E-state index in [-0.39, 0.29) is 0 Å². The van der Waals surface area contributed by atoms with Gasteiger partial charge in [0.1, 0.15) is 5.82 Å². The van der Waals surface area contributed by atoms with Gasteiger partial charge in [0.05, 0.1) is 11.9 Å². The van der Waals surface area contributed by atoms with E-state index < -0.39 is 0 Å². The average molecular weight is 289 g/mol. The maximum Gasteiger partial charge on any atom is 0.123 e. The Morgan fingerprint density at radius 1 is 0.727 bits per heavy atom. The quantitative estimate of drug-likeness (QED) is 0.775. The van der Waals surface area contributed by atoms with Crippen LogP contribution in [0.15, 0.2) is 79.0 Å². The Labute approximate surface area is 131 Å². The molecule has 0 fully saturated rings. The first kappa shape index (κ1) is 14.1. The van der Waals surface area contributed by atoms with Gasteiger partial charge < -0.3 is 10.6 Å². The fourth-order valence-electron chi connectivity index (χ4n) is 2.43. The lowest BCUT2D eigenvalue weighted by atomic mass is 10.1. The predicted octanol–water partition coefficient (Wildman–Crippen LogP) is 3.87. The first-order chi connectivity index (χ1) is 10.8. The highest BCUT2D eigenvalue weighted by Gasteiger charge is 2.09. The maximum atomic E-state index is 5.70. The van der Waals surface area contributed by atoms with Gasteiger partial charge in [-0.15, -0.1) is 0 Å². The minimum atomic E-state index is 0.545. The van der Waals surface area contributed by atoms with E-state index in [1.54, 1.807) is 0 Å². The summed E-state index contributed by atoms with van der Waals surface area (Å²) >= 11 is 0. The van der Waals surface area contributed by atoms with Crippen molar-refractivity contribution in [2.75, 3.05) is 10.6 Å². The Balaban J connectivity index is 1.86. The minimum absolute atomic E-state index is 0.545. The standard InChI is InChI=1S/C19H19N3/c20-19-12-11-18(13-21-19)22(14-16-7-3-1-4-8-16)15-17-9-5-2-6-10-17/h1-13H,14-15H2,(H2,20,21). The van der Waals surface area contributed by atoms with E-state index >= 15 is 0 Å². The molecule has 0 atom stereocenters. The smallest absolute Gasteiger partial charge is 0.123 e. The van der Waals surface area contributed by atoms with Crippen LogP contribution in [0.4, 0.5) is 11.5 Å². The molecule has 3 heteroatoms. The minimum Gasteiger partial charge on any atom is -0.384 e. The van der Waals surface area contributed by atoms with Crippen LogP contribution in [-0.2, 0) is 13.1 Å². The van der Waals surface area contributed by atoms with E-state index in [1.807, 2.05) is 30.5 Å². The van der Waals surface area contributed by atoms with Crippen molar-refractivity contribution >= 4 is 11.5 Å². The predicted molar refractivity (Wildman–Crippen MR) is 91.4 cm³/mol. The molecule has 3 rings (SSSR count). The number of nitrogens with zero attached hydrogens (tertiary/aromatic N) is 2. The fraction of sp³-hybridized carbons (Fsp3) is 0.105. The molecule has 1 aromatic heterocycles. The summed E-state index contributed by atoms with van der Waals surface area (Å²) in [7, 11) is 0. The van der Waals surface area contributed by atoms with Crippen LogP contribution in [0.3, 0.4) is 0 Å². The zero-order valence-electron chi connectivity index (χ0n) is 12.4. The second kappa shape index (κ2) is 6.76. The molecule has 2 N–H and O–H groups in total. The highest BCUT2D eigenvalue weighted by Crippen LogP contribution is 2.20. The van der Waals surface area contributed by atoms with Gasteiger partial charge in [0.2, 0.25) is 0 Å². The topological polar surface area (TPSA) is 42.1 Å². The van der Waals surface area contributed by atoms with Crippen molar-refractivity contribution in [2.24, 2.45) is 0 Å². The molecule has 0 saturated heterocycles. The summed E-state index contributed by atoms with van der Waals surface area (Å²) in [5.74, 6) is 0.545. The van der Waals surface area contributed by atoms with Crippen molar-refractivity contribution in [3.05, 3.63) is 90.1 Å². The van der Waals surface area contributed by atoms with Crippen molar-refractivity contribution in [1.82, 2.24) is 4.98 Å². The molecular formula is C19H19N3. The van der Waals surface area contributed by atoms with E-state index in [2.05, 4.69) is 58.4 Å². The van der Waals surface area contributed by atoms with Crippen molar-refractivity contribution in [2.45, 2.75) is 13.1 Å². The van der Waals surface area contributed by atoms with E-state index in [0.717, 1.165) is 18.8 Å². The molecule has 0 amide bonds. The first-order valence-electron chi connectivity index (χ1n) is 7.35. The molecule has 0 radical (unpaired) electrons. The molecule has 0 spiro atoms. The van der Waals surface area contributed by atoms with Gasteiger partial charge in [0, 0.05) is 13.1 Å². The number of nitrogen functional groups attached to an aromatic ring is 1. The monoisotopic (exact) mass is 289 g/mol. The zero-order valence-corrected chi connectivity index (χ0v) is 12.4. The van der Waals surface area contributed by atoms with Gasteiger partial charge in [-0.2, -0.15) is 0 Å². The zero-order chi connectivity index (χ0) is 15.2. The molecule has 0 aliphatic heterocycles. The molecule has 3 nitrogen and oxygen atoms in total. The molecule has 0 aliphatic rings. The van der Waals surface area contributed by atoms with Gasteiger partial charge in [-0.05, 0) is 23.3 Å². The summed E-state index contributed by atoms with van der Waals surface area (Å²) < 4.78 is 0. The summed E-state index contributed by atoms with van der Waals surface area (Å²) in [6.45, 7) is 1.67. The van der Waals surface area contributed by atoms with Crippen LogP contribution >= 0.6 is 0 Å². The van der Waals surface area contributed by atoms with Crippen molar-refractivity contribution in [3.8, 4) is 0 Å². The second-order valence-corrected chi connectivity index (χ2v) is 5.27. The largest absolute Gasteiger partial charge is 0.384 e. The van der Waals surface area contributed by atoms with E-state index in [0.29, 0.717) is 5.82 Å². The highest BCUT2D eigenvalue weighted by atomic mass is 15.1. The molecule has 3 aromatic rings. The SMILES string of the molecule is Nc1ccc(N(Cc2ccccc2)Cc2ccccc2)cn1. The molecule has 0 bridgehead atoms. The Kier molecular flexibility index (Phi) is 4.35. The molecular weight excluding hydrogens is 270 g/mol. The molecule has 0 unspecified atom stereocenters. The Bertz CT molecular complexity index is 652. The van der Waals surface area contributed by atoms with Gasteiger partial charge in [0.15, 0.2) is 0 Å². The number of pyridine rings is 1. The van der Waals surface area contributed by atoms with Crippen LogP contribution in [0.25, 0.3) is 0 Å². The Hall–Kier alpha value is -2.81. The van der Waals surface area contributed by atoms with E-state index in [9.17, 15) is 0 Å². The fourth-order valence-corrected chi connectivity index (χ4v) is 2.43. The van der Waals surface area contributed by atoms with Crippen molar-refractivity contribution in [3.63, 3.8) is 0 Å². The maximum absolute atomic E-state index is 5.70. The average Bonchev–Trinajstić information content (AvgIpc) is 2.57. The van der Waals surface area contributed by atoms with Crippen molar-refractivity contribution < 1.29 is 0 Å². The second-order valence-electron chi connectivity index (χ2n) is 5.27. The van der Waals surface area contributed by atoms with E-state index in [1.165, 1.54) is 11.1 Å². The number of benzene rings is 2. The summed E-state index contributed by atoms with van der Waals surface area (Å²) in [5, 5.41) is 0. The van der Waals surface area contributed by atoms with Crippen LogP contribution < -0.4 is 10.6 Å². The van der Waals surface area contributed by atoms with Crippen LogP contribution in [0, 0.1) is 0 Å². The van der Waals surface area contributed by atoms with Crippen molar-refractivity contribution in [1.29, 1.82) is 0 Å². The molecule has 0 saturated carbocycles. The number of nitrogens with two attached hydrogens (primary N) is 1. The van der Waals surface area contributed by atoms with Gasteiger partial charge in [0.25, 0.3) is 0 Å².